The van der Waals surface area contributed by atoms with Crippen LogP contribution in [0.5, 0.6) is 0 Å². The predicted octanol–water partition coefficient (Wildman–Crippen LogP) is 2.48. The molecule has 0 fully saturated rings. The highest BCUT2D eigenvalue weighted by atomic mass is 79.9. The molecule has 0 amide bonds. The molecule has 48 valence electrons. The maximum absolute atomic E-state index is 0. The molecular formula is H8Br2Cl3P. The van der Waals surface area contributed by atoms with E-state index in [1.54, 1.807) is 0 Å². The second-order valence-electron chi connectivity index (χ2n) is 0. The Balaban J connectivity index is 0. The predicted molar refractivity (Wildman–Crippen MR) is 53.5 cm³/mol. The van der Waals surface area contributed by atoms with Crippen LogP contribution in [-0.4, -0.2) is 0 Å². The largest absolute Gasteiger partial charge is 0.153 e. The van der Waals surface area contributed by atoms with Crippen LogP contribution in [0, 0.1) is 0 Å². The zero-order valence-electron chi connectivity index (χ0n) is 2.75. The Kier molecular flexibility index (Phi) is 791. The first-order chi connectivity index (χ1) is 0. The summed E-state index contributed by atoms with van der Waals surface area (Å²) in [4.78, 5) is 0. The third-order valence-electron chi connectivity index (χ3n) is 0. The van der Waals surface area contributed by atoms with Crippen molar-refractivity contribution in [3.05, 3.63) is 0 Å². The third kappa shape index (κ3) is 33.9. The standard InChI is InChI=1S/2BrH.3ClH.H3P/h5*1H;1H3. The van der Waals surface area contributed by atoms with Gasteiger partial charge in [-0.1, -0.05) is 0 Å². The molecule has 0 aliphatic rings. The van der Waals surface area contributed by atoms with E-state index >= 15 is 0 Å². The van der Waals surface area contributed by atoms with Crippen molar-refractivity contribution in [3.63, 3.8) is 0 Å². The summed E-state index contributed by atoms with van der Waals surface area (Å²) in [5.41, 5.74) is 0. The molecule has 6 heteroatoms. The van der Waals surface area contributed by atoms with Gasteiger partial charge in [0, 0.05) is 0 Å². The van der Waals surface area contributed by atoms with Crippen LogP contribution in [0.3, 0.4) is 0 Å². The molecule has 0 bridgehead atoms. The lowest BCUT2D eigenvalue weighted by Gasteiger charge is -0.154. The van der Waals surface area contributed by atoms with Gasteiger partial charge >= 0.3 is 0 Å². The van der Waals surface area contributed by atoms with E-state index in [9.17, 15) is 0 Å². The molecule has 0 nitrogen and oxygen atoms in total. The van der Waals surface area contributed by atoms with E-state index in [2.05, 4.69) is 0 Å². The number of halogens is 5. The molecule has 6 heavy (non-hydrogen) atoms. The van der Waals surface area contributed by atoms with Crippen molar-refractivity contribution in [2.75, 3.05) is 0 Å². The molecule has 0 heterocycles. The van der Waals surface area contributed by atoms with Gasteiger partial charge < -0.3 is 0 Å². The van der Waals surface area contributed by atoms with Gasteiger partial charge in [0.2, 0.25) is 0 Å². The van der Waals surface area contributed by atoms with Crippen molar-refractivity contribution in [1.82, 2.24) is 0 Å². The molecule has 0 saturated carbocycles. The molecule has 0 radical (unpaired) electrons. The Morgan fingerprint density at radius 2 is 0.500 bits per heavy atom. The van der Waals surface area contributed by atoms with Crippen molar-refractivity contribution in [3.8, 4) is 0 Å². The van der Waals surface area contributed by atoms with E-state index in [4.69, 9.17) is 0 Å². The van der Waals surface area contributed by atoms with Crippen LogP contribution in [-0.2, 0) is 0 Å². The summed E-state index contributed by atoms with van der Waals surface area (Å²) in [6, 6.07) is 0. The minimum absolute atomic E-state index is 0. The topological polar surface area (TPSA) is 0 Å². The van der Waals surface area contributed by atoms with E-state index in [0.29, 0.717) is 0 Å². The highest BCUT2D eigenvalue weighted by Crippen LogP contribution is 0.861. The zero-order chi connectivity index (χ0) is 0. The van der Waals surface area contributed by atoms with Crippen LogP contribution in [0.2, 0.25) is 0 Å². The van der Waals surface area contributed by atoms with Crippen molar-refractivity contribution >= 4 is 81.1 Å². The van der Waals surface area contributed by atoms with E-state index in [0.717, 1.165) is 0 Å². The van der Waals surface area contributed by atoms with Crippen LogP contribution in [0.4, 0.5) is 0 Å². The molecule has 0 rings (SSSR count). The van der Waals surface area contributed by atoms with Crippen molar-refractivity contribution in [1.29, 1.82) is 0 Å². The smallest absolute Gasteiger partial charge is 0.114 e. The molecule has 0 saturated heterocycles. The first-order valence-electron chi connectivity index (χ1n) is 0. The van der Waals surface area contributed by atoms with E-state index in [1.165, 1.54) is 0 Å². The molecule has 1 unspecified atom stereocenters. The van der Waals surface area contributed by atoms with Gasteiger partial charge in [-0.2, -0.15) is 9.90 Å². The summed E-state index contributed by atoms with van der Waals surface area (Å²) in [6.45, 7) is 0. The van der Waals surface area contributed by atoms with Gasteiger partial charge in [-0.05, 0) is 0 Å². The monoisotopic (exact) mass is 302 g/mol. The van der Waals surface area contributed by atoms with Crippen molar-refractivity contribution < 1.29 is 0 Å². The van der Waals surface area contributed by atoms with E-state index in [1.807, 2.05) is 0 Å². The second-order valence-corrected chi connectivity index (χ2v) is 0. The lowest BCUT2D eigenvalue weighted by atomic mass is 31.0. The fourth-order valence-electron chi connectivity index (χ4n) is 0. The zero-order valence-corrected chi connectivity index (χ0v) is 10.0. The molecule has 0 aromatic rings. The van der Waals surface area contributed by atoms with Crippen LogP contribution in [0.15, 0.2) is 0 Å². The van der Waals surface area contributed by atoms with Gasteiger partial charge in [-0.3, -0.25) is 0 Å². The van der Waals surface area contributed by atoms with Gasteiger partial charge in [0.05, 0.1) is 0 Å². The Labute approximate surface area is 80.6 Å². The van der Waals surface area contributed by atoms with Gasteiger partial charge in [-0.15, -0.1) is 71.2 Å². The van der Waals surface area contributed by atoms with Crippen molar-refractivity contribution in [2.24, 2.45) is 0 Å². The number of hydrogen-bond donors (Lipinski definition) is 0. The summed E-state index contributed by atoms with van der Waals surface area (Å²) in [6.07, 6.45) is 0. The van der Waals surface area contributed by atoms with E-state index in [-0.39, 0.29) is 81.1 Å². The molecule has 0 aliphatic heterocycles. The van der Waals surface area contributed by atoms with Gasteiger partial charge in [0.1, 0.15) is 0 Å². The minimum Gasteiger partial charge on any atom is -0.153 e. The summed E-state index contributed by atoms with van der Waals surface area (Å²) in [5.74, 6) is 0. The Morgan fingerprint density at radius 1 is 0.500 bits per heavy atom. The Morgan fingerprint density at radius 3 is 0.500 bits per heavy atom. The SMILES string of the molecule is Br.Br.Cl.Cl.Cl.P. The first-order valence-corrected chi connectivity index (χ1v) is 0. The molecule has 0 aromatic carbocycles. The molecule has 1 atom stereocenters. The highest BCUT2D eigenvalue weighted by molar-refractivity contribution is 8.93. The number of rotatable bonds is 0. The molecule has 0 aromatic heterocycles. The fourth-order valence-corrected chi connectivity index (χ4v) is 0. The van der Waals surface area contributed by atoms with Crippen LogP contribution < -0.4 is 0 Å². The van der Waals surface area contributed by atoms with Crippen molar-refractivity contribution in [2.45, 2.75) is 0 Å². The Bertz CT molecular complexity index is 8.75. The molecule has 0 aliphatic carbocycles. The molecular weight excluding hydrogens is 297 g/mol. The molecule has 0 spiro atoms. The fraction of sp³-hybridized carbons (Fsp3) is 0. The number of hydrogen-bond acceptors (Lipinski definition) is 0. The van der Waals surface area contributed by atoms with Crippen LogP contribution >= 0.6 is 81.1 Å². The maximum Gasteiger partial charge on any atom is -0.114 e. The van der Waals surface area contributed by atoms with Gasteiger partial charge in [-0.25, -0.2) is 0 Å². The first kappa shape index (κ1) is 85.2. The van der Waals surface area contributed by atoms with Crippen LogP contribution in [0.1, 0.15) is 0 Å². The third-order valence-corrected chi connectivity index (χ3v) is 0. The Hall–Kier alpha value is 2.26. The lowest BCUT2D eigenvalue weighted by Crippen LogP contribution is 0.689. The lowest BCUT2D eigenvalue weighted by molar-refractivity contribution is 5.85. The van der Waals surface area contributed by atoms with Gasteiger partial charge in [0.25, 0.3) is 0 Å². The maximum atomic E-state index is 0. The van der Waals surface area contributed by atoms with Gasteiger partial charge in [0.15, 0.2) is 0 Å². The summed E-state index contributed by atoms with van der Waals surface area (Å²) in [7, 11) is 0. The summed E-state index contributed by atoms with van der Waals surface area (Å²) in [5, 5.41) is 0. The normalized spacial score (nSPS) is 0. The second kappa shape index (κ2) is 55.7. The average molecular weight is 305 g/mol. The molecule has 0 N–H and O–H groups in total. The summed E-state index contributed by atoms with van der Waals surface area (Å²) < 4.78 is 0. The quantitative estimate of drug-likeness (QED) is 0.603. The highest BCUT2D eigenvalue weighted by Gasteiger charge is -0.112. The average Bonchev–Trinajstić information content (AvgIpc) is 0. The van der Waals surface area contributed by atoms with Crippen LogP contribution in [0.25, 0.3) is 0 Å². The van der Waals surface area contributed by atoms with E-state index < -0.39 is 0 Å². The summed E-state index contributed by atoms with van der Waals surface area (Å²) >= 11 is 0. The minimum atomic E-state index is 0.